The van der Waals surface area contributed by atoms with Gasteiger partial charge in [0, 0.05) is 13.5 Å². The third-order valence-corrected chi connectivity index (χ3v) is 8.23. The molecule has 4 rings (SSSR count). The van der Waals surface area contributed by atoms with Crippen LogP contribution in [-0.4, -0.2) is 60.8 Å². The van der Waals surface area contributed by atoms with Crippen molar-refractivity contribution in [3.05, 3.63) is 29.3 Å². The van der Waals surface area contributed by atoms with Gasteiger partial charge in [0.05, 0.1) is 37.6 Å². The maximum atomic E-state index is 13.6. The first-order valence-electron chi connectivity index (χ1n) is 13.6. The molecule has 2 fully saturated rings. The van der Waals surface area contributed by atoms with Crippen LogP contribution in [-0.2, 0) is 36.7 Å². The van der Waals surface area contributed by atoms with Crippen LogP contribution in [0.5, 0.6) is 0 Å². The molecule has 2 aliphatic heterocycles. The molecule has 0 bridgehead atoms. The van der Waals surface area contributed by atoms with Crippen molar-refractivity contribution in [1.29, 1.82) is 0 Å². The summed E-state index contributed by atoms with van der Waals surface area (Å²) >= 11 is 0. The summed E-state index contributed by atoms with van der Waals surface area (Å²) in [6.45, 7) is 12.4. The Hall–Kier alpha value is -1.74. The van der Waals surface area contributed by atoms with Crippen molar-refractivity contribution in [3.8, 4) is 0 Å². The van der Waals surface area contributed by atoms with Crippen molar-refractivity contribution >= 4 is 24.3 Å². The highest BCUT2D eigenvalue weighted by molar-refractivity contribution is 6.62. The number of carbonyl (C=O) groups excluding carboxylic acids is 1. The third-order valence-electron chi connectivity index (χ3n) is 8.23. The van der Waals surface area contributed by atoms with Crippen molar-refractivity contribution in [2.24, 2.45) is 4.99 Å². The van der Waals surface area contributed by atoms with Crippen LogP contribution in [0.15, 0.2) is 23.2 Å². The standard InChI is InChI=1S/C28H43BN2O5/c1-7-8-11-24-30-28(14-9-10-15-28)25(32)31(24)19-21-12-13-23(22(18-21)20-34-17-16-33-6)29-35-26(2,3)27(4,5)36-29/h12-13,18H,7-11,14-17,19-20H2,1-6H3. The number of benzene rings is 1. The smallest absolute Gasteiger partial charge is 0.399 e. The van der Waals surface area contributed by atoms with Gasteiger partial charge in [0.15, 0.2) is 0 Å². The van der Waals surface area contributed by atoms with E-state index < -0.39 is 23.9 Å². The summed E-state index contributed by atoms with van der Waals surface area (Å²) in [5.41, 5.74) is 1.68. The minimum atomic E-state index is -0.516. The molecular weight excluding hydrogens is 455 g/mol. The Morgan fingerprint density at radius 1 is 1.08 bits per heavy atom. The van der Waals surface area contributed by atoms with Gasteiger partial charge in [-0.2, -0.15) is 0 Å². The topological polar surface area (TPSA) is 69.6 Å². The summed E-state index contributed by atoms with van der Waals surface area (Å²) in [7, 11) is 1.20. The SMILES string of the molecule is CCCCC1=NC2(CCCC2)C(=O)N1Cc1ccc(B2OC(C)(C)C(C)(C)O2)c(COCCOC)c1. The van der Waals surface area contributed by atoms with E-state index in [2.05, 4.69) is 52.8 Å². The lowest BCUT2D eigenvalue weighted by Crippen LogP contribution is -2.41. The number of amidine groups is 1. The molecule has 1 aromatic carbocycles. The summed E-state index contributed by atoms with van der Waals surface area (Å²) in [5, 5.41) is 0. The Balaban J connectivity index is 1.58. The quantitative estimate of drug-likeness (QED) is 0.334. The zero-order valence-electron chi connectivity index (χ0n) is 23.0. The predicted molar refractivity (Wildman–Crippen MR) is 142 cm³/mol. The molecule has 1 amide bonds. The summed E-state index contributed by atoms with van der Waals surface area (Å²) in [6, 6.07) is 6.29. The average Bonchev–Trinajstić information content (AvgIpc) is 3.46. The number of rotatable bonds is 11. The molecule has 1 saturated heterocycles. The molecule has 3 aliphatic rings. The Morgan fingerprint density at radius 3 is 2.42 bits per heavy atom. The molecule has 0 radical (unpaired) electrons. The van der Waals surface area contributed by atoms with Crippen molar-refractivity contribution in [2.75, 3.05) is 20.3 Å². The number of hydrogen-bond acceptors (Lipinski definition) is 6. The average molecular weight is 498 g/mol. The summed E-state index contributed by atoms with van der Waals surface area (Å²) in [5.74, 6) is 1.13. The minimum absolute atomic E-state index is 0.180. The number of hydrogen-bond donors (Lipinski definition) is 0. The molecule has 0 aromatic heterocycles. The van der Waals surface area contributed by atoms with Crippen LogP contribution in [0.2, 0.25) is 0 Å². The van der Waals surface area contributed by atoms with E-state index in [4.69, 9.17) is 23.8 Å². The fourth-order valence-electron chi connectivity index (χ4n) is 5.29. The lowest BCUT2D eigenvalue weighted by atomic mass is 9.75. The zero-order valence-corrected chi connectivity index (χ0v) is 23.0. The second kappa shape index (κ2) is 10.9. The second-order valence-electron chi connectivity index (χ2n) is 11.4. The summed E-state index contributed by atoms with van der Waals surface area (Å²) < 4.78 is 23.8. The van der Waals surface area contributed by atoms with Crippen LogP contribution in [0.3, 0.4) is 0 Å². The van der Waals surface area contributed by atoms with E-state index in [9.17, 15) is 4.79 Å². The molecule has 1 aliphatic carbocycles. The molecular formula is C28H43BN2O5. The van der Waals surface area contributed by atoms with Gasteiger partial charge in [0.2, 0.25) is 0 Å². The van der Waals surface area contributed by atoms with Crippen LogP contribution in [0.1, 0.15) is 90.7 Å². The second-order valence-corrected chi connectivity index (χ2v) is 11.4. The van der Waals surface area contributed by atoms with Crippen LogP contribution in [0.25, 0.3) is 0 Å². The number of carbonyl (C=O) groups is 1. The van der Waals surface area contributed by atoms with Crippen molar-refractivity contribution in [3.63, 3.8) is 0 Å². The van der Waals surface area contributed by atoms with Gasteiger partial charge >= 0.3 is 7.12 Å². The third kappa shape index (κ3) is 5.42. The van der Waals surface area contributed by atoms with Gasteiger partial charge < -0.3 is 18.8 Å². The first-order valence-corrected chi connectivity index (χ1v) is 13.6. The van der Waals surface area contributed by atoms with Crippen molar-refractivity contribution < 1.29 is 23.6 Å². The molecule has 0 unspecified atom stereocenters. The van der Waals surface area contributed by atoms with Gasteiger partial charge in [0.1, 0.15) is 11.4 Å². The first kappa shape index (κ1) is 27.3. The molecule has 0 atom stereocenters. The summed E-state index contributed by atoms with van der Waals surface area (Å²) in [4.78, 5) is 20.6. The fraction of sp³-hybridized carbons (Fsp3) is 0.714. The van der Waals surface area contributed by atoms with E-state index >= 15 is 0 Å². The number of aliphatic imine (C=N–C) groups is 1. The van der Waals surface area contributed by atoms with Crippen molar-refractivity contribution in [1.82, 2.24) is 4.90 Å². The van der Waals surface area contributed by atoms with E-state index in [1.54, 1.807) is 7.11 Å². The number of ether oxygens (including phenoxy) is 2. The highest BCUT2D eigenvalue weighted by Crippen LogP contribution is 2.40. The summed E-state index contributed by atoms with van der Waals surface area (Å²) in [6.07, 6.45) is 6.88. The van der Waals surface area contributed by atoms with Crippen LogP contribution in [0, 0.1) is 0 Å². The van der Waals surface area contributed by atoms with Gasteiger partial charge in [-0.15, -0.1) is 0 Å². The van der Waals surface area contributed by atoms with E-state index in [0.717, 1.165) is 67.4 Å². The maximum absolute atomic E-state index is 13.6. The largest absolute Gasteiger partial charge is 0.495 e. The highest BCUT2D eigenvalue weighted by atomic mass is 16.7. The molecule has 0 N–H and O–H groups in total. The van der Waals surface area contributed by atoms with Crippen LogP contribution >= 0.6 is 0 Å². The lowest BCUT2D eigenvalue weighted by molar-refractivity contribution is -0.131. The van der Waals surface area contributed by atoms with E-state index in [-0.39, 0.29) is 5.91 Å². The van der Waals surface area contributed by atoms with Gasteiger partial charge in [-0.25, -0.2) is 0 Å². The minimum Gasteiger partial charge on any atom is -0.399 e. The number of unbranched alkanes of at least 4 members (excludes halogenated alkanes) is 1. The van der Waals surface area contributed by atoms with E-state index in [1.807, 2.05) is 4.90 Å². The molecule has 36 heavy (non-hydrogen) atoms. The first-order chi connectivity index (χ1) is 17.1. The monoisotopic (exact) mass is 498 g/mol. The van der Waals surface area contributed by atoms with E-state index in [0.29, 0.717) is 26.4 Å². The Bertz CT molecular complexity index is 955. The zero-order chi connectivity index (χ0) is 26.0. The van der Waals surface area contributed by atoms with E-state index in [1.165, 1.54) is 0 Å². The van der Waals surface area contributed by atoms with Crippen LogP contribution in [0.4, 0.5) is 0 Å². The fourth-order valence-corrected chi connectivity index (χ4v) is 5.29. The number of amides is 1. The van der Waals surface area contributed by atoms with Gasteiger partial charge in [-0.3, -0.25) is 14.7 Å². The highest BCUT2D eigenvalue weighted by Gasteiger charge is 2.52. The van der Waals surface area contributed by atoms with Gasteiger partial charge in [-0.05, 0) is 63.5 Å². The lowest BCUT2D eigenvalue weighted by Gasteiger charge is -2.32. The predicted octanol–water partition coefficient (Wildman–Crippen LogP) is 4.39. The Labute approximate surface area is 217 Å². The normalized spacial score (nSPS) is 22.2. The molecule has 1 saturated carbocycles. The van der Waals surface area contributed by atoms with Crippen LogP contribution < -0.4 is 5.46 Å². The van der Waals surface area contributed by atoms with Gasteiger partial charge in [-0.1, -0.05) is 44.4 Å². The molecule has 7 nitrogen and oxygen atoms in total. The number of nitrogens with zero attached hydrogens (tertiary/aromatic N) is 2. The Morgan fingerprint density at radius 2 is 1.78 bits per heavy atom. The molecule has 8 heteroatoms. The molecule has 2 heterocycles. The molecule has 1 spiro atoms. The maximum Gasteiger partial charge on any atom is 0.495 e. The van der Waals surface area contributed by atoms with Gasteiger partial charge in [0.25, 0.3) is 5.91 Å². The molecule has 1 aromatic rings. The Kier molecular flexibility index (Phi) is 8.30. The number of methoxy groups -OCH3 is 1. The molecule has 198 valence electrons. The van der Waals surface area contributed by atoms with Crippen molar-refractivity contribution in [2.45, 2.75) is 109 Å².